The van der Waals surface area contributed by atoms with E-state index in [1.165, 1.54) is 5.56 Å². The maximum atomic E-state index is 5.63. The second-order valence-corrected chi connectivity index (χ2v) is 6.27. The molecule has 0 bridgehead atoms. The number of rotatable bonds is 3. The second-order valence-electron chi connectivity index (χ2n) is 5.90. The van der Waals surface area contributed by atoms with Gasteiger partial charge in [-0.2, -0.15) is 5.10 Å². The predicted molar refractivity (Wildman–Crippen MR) is 88.8 cm³/mol. The van der Waals surface area contributed by atoms with E-state index < -0.39 is 0 Å². The lowest BCUT2D eigenvalue weighted by atomic mass is 10.2. The minimum atomic E-state index is 0.267. The van der Waals surface area contributed by atoms with E-state index in [4.69, 9.17) is 17.0 Å². The molecule has 1 aliphatic rings. The fraction of sp³-hybridized carbons (Fsp3) is 0.500. The van der Waals surface area contributed by atoms with Crippen molar-refractivity contribution in [2.24, 2.45) is 0 Å². The van der Waals surface area contributed by atoms with Crippen LogP contribution in [0.2, 0.25) is 0 Å². The predicted octanol–water partition coefficient (Wildman–Crippen LogP) is 2.70. The van der Waals surface area contributed by atoms with Gasteiger partial charge in [0.1, 0.15) is 5.82 Å². The first-order chi connectivity index (χ1) is 10.5. The third-order valence-corrected chi connectivity index (χ3v) is 4.35. The van der Waals surface area contributed by atoms with Crippen molar-refractivity contribution in [2.75, 3.05) is 19.7 Å². The molecule has 1 atom stereocenters. The quantitative estimate of drug-likeness (QED) is 0.815. The molecule has 1 fully saturated rings. The summed E-state index contributed by atoms with van der Waals surface area (Å²) >= 11 is 5.63. The van der Waals surface area contributed by atoms with E-state index in [-0.39, 0.29) is 6.10 Å². The summed E-state index contributed by atoms with van der Waals surface area (Å²) in [5, 5.41) is 4.62. The summed E-state index contributed by atoms with van der Waals surface area (Å²) in [6.07, 6.45) is 0.267. The molecule has 3 rings (SSSR count). The molecule has 1 aromatic carbocycles. The average molecular weight is 318 g/mol. The van der Waals surface area contributed by atoms with Gasteiger partial charge in [-0.1, -0.05) is 17.7 Å². The number of aryl methyl sites for hydroxylation is 2. The molecule has 2 heterocycles. The lowest BCUT2D eigenvalue weighted by Crippen LogP contribution is -2.42. The molecule has 0 aliphatic carbocycles. The second kappa shape index (κ2) is 6.32. The van der Waals surface area contributed by atoms with E-state index in [9.17, 15) is 0 Å². The monoisotopic (exact) mass is 318 g/mol. The molecule has 2 aromatic rings. The average Bonchev–Trinajstić information content (AvgIpc) is 2.75. The van der Waals surface area contributed by atoms with Crippen LogP contribution in [0.5, 0.6) is 0 Å². The van der Waals surface area contributed by atoms with Gasteiger partial charge in [-0.25, -0.2) is 4.68 Å². The molecule has 5 nitrogen and oxygen atoms in total. The molecule has 0 saturated carbocycles. The van der Waals surface area contributed by atoms with Crippen molar-refractivity contribution in [2.45, 2.75) is 33.5 Å². The van der Waals surface area contributed by atoms with E-state index >= 15 is 0 Å². The van der Waals surface area contributed by atoms with Crippen molar-refractivity contribution in [1.82, 2.24) is 19.2 Å². The van der Waals surface area contributed by atoms with Gasteiger partial charge in [0, 0.05) is 18.8 Å². The van der Waals surface area contributed by atoms with Gasteiger partial charge in [-0.15, -0.1) is 0 Å². The van der Waals surface area contributed by atoms with Crippen molar-refractivity contribution in [3.05, 3.63) is 40.4 Å². The molecule has 1 aliphatic heterocycles. The highest BCUT2D eigenvalue weighted by atomic mass is 32.1. The molecule has 1 unspecified atom stereocenters. The maximum Gasteiger partial charge on any atom is 0.203 e. The molecule has 0 radical (unpaired) electrons. The summed E-state index contributed by atoms with van der Waals surface area (Å²) < 4.78 is 10.3. The third-order valence-electron chi connectivity index (χ3n) is 3.95. The Bertz CT molecular complexity index is 704. The summed E-state index contributed by atoms with van der Waals surface area (Å²) in [6.45, 7) is 9.49. The maximum absolute atomic E-state index is 5.63. The van der Waals surface area contributed by atoms with Gasteiger partial charge in [-0.3, -0.25) is 9.47 Å². The van der Waals surface area contributed by atoms with Crippen LogP contribution < -0.4 is 0 Å². The molecular formula is C16H22N4OS. The Morgan fingerprint density at radius 3 is 2.68 bits per heavy atom. The smallest absolute Gasteiger partial charge is 0.203 e. The minimum Gasteiger partial charge on any atom is -0.376 e. The lowest BCUT2D eigenvalue weighted by Gasteiger charge is -2.30. The van der Waals surface area contributed by atoms with Crippen LogP contribution in [0.15, 0.2) is 24.3 Å². The largest absolute Gasteiger partial charge is 0.376 e. The van der Waals surface area contributed by atoms with Crippen LogP contribution >= 0.6 is 12.2 Å². The Hall–Kier alpha value is -1.50. The Morgan fingerprint density at radius 1 is 1.27 bits per heavy atom. The summed E-state index contributed by atoms with van der Waals surface area (Å²) in [5.74, 6) is 0.912. The van der Waals surface area contributed by atoms with Crippen LogP contribution in [0, 0.1) is 18.6 Å². The van der Waals surface area contributed by atoms with Crippen molar-refractivity contribution >= 4 is 12.2 Å². The molecular weight excluding hydrogens is 296 g/mol. The van der Waals surface area contributed by atoms with Gasteiger partial charge in [0.15, 0.2) is 0 Å². The number of morpholine rings is 1. The molecule has 1 aromatic heterocycles. The van der Waals surface area contributed by atoms with Crippen molar-refractivity contribution in [1.29, 1.82) is 0 Å². The van der Waals surface area contributed by atoms with E-state index in [0.29, 0.717) is 6.67 Å². The van der Waals surface area contributed by atoms with Gasteiger partial charge in [0.2, 0.25) is 4.77 Å². The first-order valence-electron chi connectivity index (χ1n) is 7.62. The van der Waals surface area contributed by atoms with Crippen LogP contribution in [0.1, 0.15) is 18.3 Å². The summed E-state index contributed by atoms with van der Waals surface area (Å²) in [6, 6.07) is 8.36. The first kappa shape index (κ1) is 15.4. The summed E-state index contributed by atoms with van der Waals surface area (Å²) in [5.41, 5.74) is 2.30. The first-order valence-corrected chi connectivity index (χ1v) is 8.03. The number of aromatic nitrogens is 3. The van der Waals surface area contributed by atoms with E-state index in [0.717, 1.165) is 36.0 Å². The molecule has 0 spiro atoms. The number of benzene rings is 1. The minimum absolute atomic E-state index is 0.267. The third kappa shape index (κ3) is 3.14. The highest BCUT2D eigenvalue weighted by Crippen LogP contribution is 2.14. The van der Waals surface area contributed by atoms with Gasteiger partial charge < -0.3 is 4.74 Å². The van der Waals surface area contributed by atoms with Crippen LogP contribution in [-0.4, -0.2) is 45.0 Å². The zero-order valence-corrected chi connectivity index (χ0v) is 14.1. The van der Waals surface area contributed by atoms with Crippen molar-refractivity contribution < 1.29 is 4.74 Å². The Morgan fingerprint density at radius 2 is 2.00 bits per heavy atom. The van der Waals surface area contributed by atoms with Gasteiger partial charge >= 0.3 is 0 Å². The van der Waals surface area contributed by atoms with Gasteiger partial charge in [0.05, 0.1) is 19.4 Å². The Balaban J connectivity index is 1.87. The fourth-order valence-electron chi connectivity index (χ4n) is 2.81. The topological polar surface area (TPSA) is 35.2 Å². The van der Waals surface area contributed by atoms with Crippen LogP contribution in [-0.2, 0) is 11.4 Å². The summed E-state index contributed by atoms with van der Waals surface area (Å²) in [4.78, 5) is 2.33. The SMILES string of the molecule is Cc1ccc(-n2c(C)nn(CN3CCOC(C)C3)c2=S)cc1. The van der Waals surface area contributed by atoms with Crippen LogP contribution in [0.25, 0.3) is 5.69 Å². The van der Waals surface area contributed by atoms with Crippen molar-refractivity contribution in [3.63, 3.8) is 0 Å². The van der Waals surface area contributed by atoms with Crippen LogP contribution in [0.4, 0.5) is 0 Å². The van der Waals surface area contributed by atoms with Crippen molar-refractivity contribution in [3.8, 4) is 5.69 Å². The molecule has 118 valence electrons. The number of nitrogens with zero attached hydrogens (tertiary/aromatic N) is 4. The molecule has 1 saturated heterocycles. The number of hydrogen-bond acceptors (Lipinski definition) is 4. The molecule has 0 N–H and O–H groups in total. The highest BCUT2D eigenvalue weighted by molar-refractivity contribution is 7.71. The highest BCUT2D eigenvalue weighted by Gasteiger charge is 2.18. The van der Waals surface area contributed by atoms with Gasteiger partial charge in [-0.05, 0) is 45.1 Å². The number of hydrogen-bond donors (Lipinski definition) is 0. The Labute approximate surface area is 136 Å². The Kier molecular flexibility index (Phi) is 4.42. The van der Waals surface area contributed by atoms with Crippen LogP contribution in [0.3, 0.4) is 0 Å². The molecule has 6 heteroatoms. The normalized spacial score (nSPS) is 19.5. The zero-order valence-electron chi connectivity index (χ0n) is 13.3. The van der Waals surface area contributed by atoms with Gasteiger partial charge in [0.25, 0.3) is 0 Å². The van der Waals surface area contributed by atoms with E-state index in [1.54, 1.807) is 0 Å². The van der Waals surface area contributed by atoms with E-state index in [2.05, 4.69) is 48.1 Å². The molecule has 0 amide bonds. The number of ether oxygens (including phenoxy) is 1. The lowest BCUT2D eigenvalue weighted by molar-refractivity contribution is -0.0307. The summed E-state index contributed by atoms with van der Waals surface area (Å²) in [7, 11) is 0. The standard InChI is InChI=1S/C16H22N4OS/c1-12-4-6-15(7-5-12)20-14(3)17-19(16(20)22)11-18-8-9-21-13(2)10-18/h4-7,13H,8-11H2,1-3H3. The molecule has 22 heavy (non-hydrogen) atoms. The fourth-order valence-corrected chi connectivity index (χ4v) is 3.14. The zero-order chi connectivity index (χ0) is 15.7. The van der Waals surface area contributed by atoms with E-state index in [1.807, 2.05) is 16.2 Å².